The van der Waals surface area contributed by atoms with Crippen LogP contribution in [0.1, 0.15) is 80.5 Å². The van der Waals surface area contributed by atoms with E-state index in [2.05, 4.69) is 44.7 Å². The van der Waals surface area contributed by atoms with Crippen LogP contribution in [0.15, 0.2) is 133 Å². The van der Waals surface area contributed by atoms with Crippen molar-refractivity contribution in [3.05, 3.63) is 167 Å². The van der Waals surface area contributed by atoms with E-state index in [1.54, 1.807) is 0 Å². The summed E-state index contributed by atoms with van der Waals surface area (Å²) in [7, 11) is 0. The van der Waals surface area contributed by atoms with Gasteiger partial charge in [0, 0.05) is 57.5 Å². The molecule has 6 aliphatic heterocycles. The van der Waals surface area contributed by atoms with Crippen molar-refractivity contribution in [1.29, 1.82) is 0 Å². The lowest BCUT2D eigenvalue weighted by Crippen LogP contribution is -2.52. The Morgan fingerprint density at radius 1 is 0.500 bits per heavy atom. The number of rotatable bonds is 6. The lowest BCUT2D eigenvalue weighted by molar-refractivity contribution is -0.128. The summed E-state index contributed by atoms with van der Waals surface area (Å²) in [5, 5.41) is 6.36. The zero-order valence-corrected chi connectivity index (χ0v) is 30.9. The Kier molecular flexibility index (Phi) is 7.45. The van der Waals surface area contributed by atoms with Crippen LogP contribution in [0.25, 0.3) is 0 Å². The van der Waals surface area contributed by atoms with Crippen molar-refractivity contribution in [3.63, 3.8) is 0 Å². The number of fused-ring (bicyclic) bond motifs is 8. The molecule has 0 aromatic heterocycles. The van der Waals surface area contributed by atoms with Crippen molar-refractivity contribution in [1.82, 2.24) is 9.80 Å². The van der Waals surface area contributed by atoms with E-state index < -0.39 is 22.9 Å². The summed E-state index contributed by atoms with van der Waals surface area (Å²) < 4.78 is 0. The lowest BCUT2D eigenvalue weighted by Gasteiger charge is -2.37. The molecule has 6 aliphatic rings. The molecule has 0 aliphatic carbocycles. The number of ketones is 2. The normalized spacial score (nSPS) is 31.3. The molecule has 11 rings (SSSR count). The van der Waals surface area contributed by atoms with Gasteiger partial charge < -0.3 is 10.6 Å². The van der Waals surface area contributed by atoms with Crippen LogP contribution in [0.2, 0.25) is 0 Å². The zero-order chi connectivity index (χ0) is 37.8. The van der Waals surface area contributed by atoms with Gasteiger partial charge in [-0.1, -0.05) is 121 Å². The second kappa shape index (κ2) is 12.4. The molecule has 2 amide bonds. The summed E-state index contributed by atoms with van der Waals surface area (Å²) in [5.74, 6) is -2.12. The first-order valence-electron chi connectivity index (χ1n) is 20.1. The highest BCUT2D eigenvalue weighted by Gasteiger charge is 2.71. The maximum atomic E-state index is 15.0. The van der Waals surface area contributed by atoms with Crippen LogP contribution >= 0.6 is 0 Å². The number of anilines is 2. The molecule has 56 heavy (non-hydrogen) atoms. The van der Waals surface area contributed by atoms with Gasteiger partial charge in [0.05, 0.1) is 11.8 Å². The van der Waals surface area contributed by atoms with Crippen molar-refractivity contribution in [3.8, 4) is 0 Å². The number of nitrogens with zero attached hydrogens (tertiary/aromatic N) is 2. The number of nitrogens with one attached hydrogen (secondary N) is 2. The molecule has 2 N–H and O–H groups in total. The van der Waals surface area contributed by atoms with E-state index in [-0.39, 0.29) is 47.3 Å². The van der Waals surface area contributed by atoms with E-state index in [9.17, 15) is 9.59 Å². The molecule has 2 spiro atoms. The number of para-hydroxylation sites is 2. The minimum atomic E-state index is -1.13. The Morgan fingerprint density at radius 3 is 1.29 bits per heavy atom. The number of benzene rings is 5. The highest BCUT2D eigenvalue weighted by atomic mass is 16.2. The molecule has 0 bridgehead atoms. The molecule has 6 heterocycles. The van der Waals surface area contributed by atoms with Crippen LogP contribution in [0.4, 0.5) is 11.4 Å². The van der Waals surface area contributed by atoms with Crippen molar-refractivity contribution >= 4 is 34.8 Å². The smallest absolute Gasteiger partial charge is 0.250 e. The van der Waals surface area contributed by atoms with Crippen LogP contribution in [0.3, 0.4) is 0 Å². The molecule has 8 atom stereocenters. The first-order valence-corrected chi connectivity index (χ1v) is 20.1. The molecule has 5 aromatic rings. The van der Waals surface area contributed by atoms with Gasteiger partial charge in [0.1, 0.15) is 11.1 Å². The second-order valence-corrected chi connectivity index (χ2v) is 16.5. The number of carbonyl (C=O) groups is 4. The van der Waals surface area contributed by atoms with Crippen LogP contribution in [0, 0.1) is 11.8 Å². The first kappa shape index (κ1) is 33.6. The van der Waals surface area contributed by atoms with Crippen molar-refractivity contribution in [2.45, 2.75) is 60.7 Å². The van der Waals surface area contributed by atoms with E-state index in [0.29, 0.717) is 11.1 Å². The molecule has 278 valence electrons. The summed E-state index contributed by atoms with van der Waals surface area (Å²) >= 11 is 0. The van der Waals surface area contributed by atoms with E-state index in [4.69, 9.17) is 0 Å². The fourth-order valence-electron chi connectivity index (χ4n) is 12.3. The third kappa shape index (κ3) is 4.31. The van der Waals surface area contributed by atoms with Gasteiger partial charge in [-0.2, -0.15) is 0 Å². The Balaban J connectivity index is 1.06. The number of Topliss-reactive ketones (excluding diaryl/α,β-unsaturated/α-hetero) is 2. The van der Waals surface area contributed by atoms with Crippen molar-refractivity contribution in [2.75, 3.05) is 23.7 Å². The van der Waals surface area contributed by atoms with Crippen LogP contribution < -0.4 is 10.6 Å². The van der Waals surface area contributed by atoms with Gasteiger partial charge in [0.25, 0.3) is 0 Å². The number of amides is 2. The minimum absolute atomic E-state index is 0.0124. The zero-order valence-electron chi connectivity index (χ0n) is 30.9. The Bertz CT molecular complexity index is 2260. The third-order valence-corrected chi connectivity index (χ3v) is 14.2. The van der Waals surface area contributed by atoms with Crippen molar-refractivity contribution < 1.29 is 19.2 Å². The van der Waals surface area contributed by atoms with Gasteiger partial charge in [-0.25, -0.2) is 0 Å². The quantitative estimate of drug-likeness (QED) is 0.175. The molecule has 0 saturated carbocycles. The van der Waals surface area contributed by atoms with Gasteiger partial charge in [0.15, 0.2) is 11.6 Å². The predicted octanol–water partition coefficient (Wildman–Crippen LogP) is 7.50. The number of carbonyl (C=O) groups excluding carboxylic acids is 4. The molecular formula is C48H42N4O4. The SMILES string of the molecule is O=C(c1ccccc1)C1C(c2ccc(C3C4CCCN4C4(C(=O)Nc5ccccc54)C3C(=O)c3ccccc3)cc2)C2CCCN2C12C(=O)Nc1ccccc12. The summed E-state index contributed by atoms with van der Waals surface area (Å²) in [6.07, 6.45) is 3.65. The highest BCUT2D eigenvalue weighted by Crippen LogP contribution is 2.63. The van der Waals surface area contributed by atoms with Crippen LogP contribution in [-0.4, -0.2) is 58.4 Å². The topological polar surface area (TPSA) is 98.8 Å². The maximum absolute atomic E-state index is 15.0. The molecule has 8 nitrogen and oxygen atoms in total. The molecule has 8 heteroatoms. The van der Waals surface area contributed by atoms with Gasteiger partial charge >= 0.3 is 0 Å². The molecule has 5 aromatic carbocycles. The molecule has 0 radical (unpaired) electrons. The van der Waals surface area contributed by atoms with Crippen molar-refractivity contribution in [2.24, 2.45) is 11.8 Å². The molecule has 4 saturated heterocycles. The number of hydrogen-bond acceptors (Lipinski definition) is 6. The molecule has 8 unspecified atom stereocenters. The van der Waals surface area contributed by atoms with E-state index in [1.807, 2.05) is 109 Å². The summed E-state index contributed by atoms with van der Waals surface area (Å²) in [5.41, 5.74) is 4.26. The summed E-state index contributed by atoms with van der Waals surface area (Å²) in [4.78, 5) is 63.8. The first-order chi connectivity index (χ1) is 27.5. The third-order valence-electron chi connectivity index (χ3n) is 14.2. The lowest BCUT2D eigenvalue weighted by atomic mass is 9.67. The maximum Gasteiger partial charge on any atom is 0.250 e. The predicted molar refractivity (Wildman–Crippen MR) is 213 cm³/mol. The fourth-order valence-corrected chi connectivity index (χ4v) is 12.3. The Morgan fingerprint density at radius 2 is 0.875 bits per heavy atom. The van der Waals surface area contributed by atoms with Gasteiger partial charge in [-0.15, -0.1) is 0 Å². The second-order valence-electron chi connectivity index (χ2n) is 16.5. The number of hydrogen-bond donors (Lipinski definition) is 2. The monoisotopic (exact) mass is 738 g/mol. The van der Waals surface area contributed by atoms with Gasteiger partial charge in [0.2, 0.25) is 11.8 Å². The molecular weight excluding hydrogens is 697 g/mol. The fraction of sp³-hybridized carbons (Fsp3) is 0.292. The van der Waals surface area contributed by atoms with E-state index in [1.165, 1.54) is 0 Å². The largest absolute Gasteiger partial charge is 0.324 e. The Hall–Kier alpha value is -5.70. The van der Waals surface area contributed by atoms with E-state index in [0.717, 1.165) is 72.4 Å². The summed E-state index contributed by atoms with van der Waals surface area (Å²) in [6.45, 7) is 1.46. The highest BCUT2D eigenvalue weighted by molar-refractivity contribution is 6.13. The average Bonchev–Trinajstić information content (AvgIpc) is 4.09. The van der Waals surface area contributed by atoms with Gasteiger partial charge in [-0.05, 0) is 62.0 Å². The van der Waals surface area contributed by atoms with Gasteiger partial charge in [-0.3, -0.25) is 29.0 Å². The van der Waals surface area contributed by atoms with Crippen LogP contribution in [-0.2, 0) is 20.7 Å². The average molecular weight is 739 g/mol. The Labute approximate surface area is 325 Å². The summed E-state index contributed by atoms with van der Waals surface area (Å²) in [6, 6.07) is 43.1. The van der Waals surface area contributed by atoms with Crippen LogP contribution in [0.5, 0.6) is 0 Å². The molecule has 4 fully saturated rings. The minimum Gasteiger partial charge on any atom is -0.324 e. The van der Waals surface area contributed by atoms with E-state index >= 15 is 9.59 Å². The standard InChI is InChI=1S/C48H42N4O4/c53-43(31-13-3-1-4-14-31)41-39(37-21-11-27-51(37)47(41)33-17-7-9-19-35(33)49-45(47)55)29-23-25-30(26-24-29)40-38-22-12-28-52(38)48(34-18-8-10-20-36(34)50-46(48)56)42(40)44(54)32-15-5-2-6-16-32/h1-10,13-20,23-26,37-42H,11-12,21-22,27-28H2,(H,49,55)(H,50,56).